The van der Waals surface area contributed by atoms with Crippen molar-refractivity contribution in [1.29, 1.82) is 0 Å². The van der Waals surface area contributed by atoms with E-state index in [0.717, 1.165) is 0 Å². The highest BCUT2D eigenvalue weighted by Gasteiger charge is 2.08. The maximum Gasteiger partial charge on any atom is 0.306 e. The molecule has 8 heavy (non-hydrogen) atoms. The first-order valence-electron chi connectivity index (χ1n) is 2.47. The number of carboxylic acids is 1. The minimum atomic E-state index is -0.928. The maximum absolute atomic E-state index is 11.3. The van der Waals surface area contributed by atoms with Gasteiger partial charge in [-0.15, -0.1) is 0 Å². The lowest BCUT2D eigenvalue weighted by Gasteiger charge is -1.98. The van der Waals surface area contributed by atoms with E-state index in [4.69, 9.17) is 5.11 Å². The minimum absolute atomic E-state index is 0.120. The number of halogens is 1. The van der Waals surface area contributed by atoms with Crippen molar-refractivity contribution in [2.45, 2.75) is 13.3 Å². The highest BCUT2D eigenvalue weighted by atomic mass is 19.1. The summed E-state index contributed by atoms with van der Waals surface area (Å²) < 4.78 is 11.3. The van der Waals surface area contributed by atoms with E-state index in [9.17, 15) is 9.18 Å². The Bertz CT molecular complexity index is 82.5. The molecule has 0 unspecified atom stereocenters. The van der Waals surface area contributed by atoms with Gasteiger partial charge in [0, 0.05) is 0 Å². The van der Waals surface area contributed by atoms with E-state index in [-0.39, 0.29) is 6.42 Å². The lowest BCUT2D eigenvalue weighted by Crippen LogP contribution is -2.09. The van der Waals surface area contributed by atoms with Gasteiger partial charge >= 0.3 is 5.97 Å². The quantitative estimate of drug-likeness (QED) is 0.604. The third-order valence-electron chi connectivity index (χ3n) is 0.964. The van der Waals surface area contributed by atoms with Crippen LogP contribution < -0.4 is 0 Å². The van der Waals surface area contributed by atoms with Crippen molar-refractivity contribution in [2.24, 2.45) is 5.92 Å². The first kappa shape index (κ1) is 7.40. The molecule has 0 amide bonds. The predicted octanol–water partition coefficient (Wildman–Crippen LogP) is 1.07. The van der Waals surface area contributed by atoms with Gasteiger partial charge in [0.05, 0.1) is 12.6 Å². The molecule has 0 saturated heterocycles. The predicted molar refractivity (Wildman–Crippen MR) is 27.4 cm³/mol. The molecule has 0 fully saturated rings. The van der Waals surface area contributed by atoms with Crippen molar-refractivity contribution >= 4 is 5.97 Å². The van der Waals surface area contributed by atoms with Crippen LogP contribution in [0.4, 0.5) is 4.39 Å². The number of hydrogen-bond acceptors (Lipinski definition) is 1. The van der Waals surface area contributed by atoms with Crippen molar-refractivity contribution < 1.29 is 14.3 Å². The monoisotopic (exact) mass is 120 g/mol. The third-order valence-corrected chi connectivity index (χ3v) is 0.964. The van der Waals surface area contributed by atoms with Gasteiger partial charge in [-0.3, -0.25) is 9.18 Å². The Morgan fingerprint density at radius 1 is 1.88 bits per heavy atom. The number of aliphatic carboxylic acids is 1. The van der Waals surface area contributed by atoms with Crippen molar-refractivity contribution in [2.75, 3.05) is 6.67 Å². The van der Waals surface area contributed by atoms with Crippen LogP contribution in [-0.4, -0.2) is 17.8 Å². The molecule has 1 N–H and O–H groups in total. The largest absolute Gasteiger partial charge is 0.481 e. The van der Waals surface area contributed by atoms with Crippen molar-refractivity contribution in [3.63, 3.8) is 0 Å². The van der Waals surface area contributed by atoms with Crippen molar-refractivity contribution in [1.82, 2.24) is 0 Å². The molecule has 2 nitrogen and oxygen atoms in total. The minimum Gasteiger partial charge on any atom is -0.481 e. The highest BCUT2D eigenvalue weighted by molar-refractivity contribution is 5.69. The van der Waals surface area contributed by atoms with Crippen LogP contribution in [0.1, 0.15) is 13.3 Å². The van der Waals surface area contributed by atoms with Gasteiger partial charge in [-0.1, -0.05) is 6.92 Å². The maximum atomic E-state index is 11.3. The van der Waals surface area contributed by atoms with E-state index in [1.165, 1.54) is 6.92 Å². The summed E-state index contributed by atoms with van der Waals surface area (Å²) in [6.07, 6.45) is 0.120. The molecule has 0 aromatic heterocycles. The summed E-state index contributed by atoms with van der Waals surface area (Å²) in [5.41, 5.74) is 0. The summed E-state index contributed by atoms with van der Waals surface area (Å²) in [7, 11) is 0. The van der Waals surface area contributed by atoms with E-state index in [1.807, 2.05) is 0 Å². The van der Waals surface area contributed by atoms with Crippen LogP contribution >= 0.6 is 0 Å². The van der Waals surface area contributed by atoms with Crippen LogP contribution in [0, 0.1) is 5.92 Å². The molecule has 0 rings (SSSR count). The number of carboxylic acid groups (broad SMARTS) is 1. The molecule has 0 aromatic carbocycles. The third kappa shape index (κ3) is 2.55. The Balaban J connectivity index is 3.32. The molecular weight excluding hydrogens is 111 g/mol. The van der Waals surface area contributed by atoms with E-state index >= 15 is 0 Å². The molecule has 0 aliphatic rings. The van der Waals surface area contributed by atoms with Crippen LogP contribution in [0.2, 0.25) is 0 Å². The number of carbonyl (C=O) groups is 1. The molecule has 0 spiro atoms. The Morgan fingerprint density at radius 3 is 2.50 bits per heavy atom. The zero-order chi connectivity index (χ0) is 6.57. The van der Waals surface area contributed by atoms with Crippen LogP contribution in [0.15, 0.2) is 0 Å². The smallest absolute Gasteiger partial charge is 0.306 e. The molecular formula is C5H9FO2. The Morgan fingerprint density at radius 2 is 2.38 bits per heavy atom. The average molecular weight is 120 g/mol. The second kappa shape index (κ2) is 3.41. The fraction of sp³-hybridized carbons (Fsp3) is 0.800. The van der Waals surface area contributed by atoms with Gasteiger partial charge in [0.1, 0.15) is 0 Å². The topological polar surface area (TPSA) is 37.3 Å². The van der Waals surface area contributed by atoms with Gasteiger partial charge in [-0.2, -0.15) is 0 Å². The summed E-state index contributed by atoms with van der Waals surface area (Å²) in [4.78, 5) is 9.92. The normalized spacial score (nSPS) is 13.2. The Hall–Kier alpha value is -0.600. The van der Waals surface area contributed by atoms with Crippen molar-refractivity contribution in [3.05, 3.63) is 0 Å². The zero-order valence-electron chi connectivity index (χ0n) is 4.72. The lowest BCUT2D eigenvalue weighted by atomic mass is 10.1. The molecule has 0 saturated carbocycles. The summed E-state index contributed by atoms with van der Waals surface area (Å²) in [6, 6.07) is 0. The average Bonchev–Trinajstić information content (AvgIpc) is 1.67. The van der Waals surface area contributed by atoms with E-state index in [2.05, 4.69) is 0 Å². The molecule has 0 aliphatic carbocycles. The number of hydrogen-bond donors (Lipinski definition) is 1. The Kier molecular flexibility index (Phi) is 3.15. The number of alkyl halides is 1. The fourth-order valence-electron chi connectivity index (χ4n) is 0.287. The van der Waals surface area contributed by atoms with Gasteiger partial charge in [-0.05, 0) is 6.42 Å². The molecule has 0 bridgehead atoms. The van der Waals surface area contributed by atoms with E-state index < -0.39 is 18.6 Å². The first-order chi connectivity index (χ1) is 3.68. The molecule has 48 valence electrons. The van der Waals surface area contributed by atoms with Gasteiger partial charge in [0.2, 0.25) is 0 Å². The van der Waals surface area contributed by atoms with Gasteiger partial charge in [0.15, 0.2) is 0 Å². The fourth-order valence-corrected chi connectivity index (χ4v) is 0.287. The van der Waals surface area contributed by atoms with Gasteiger partial charge in [-0.25, -0.2) is 0 Å². The van der Waals surface area contributed by atoms with E-state index in [1.54, 1.807) is 0 Å². The summed E-state index contributed by atoms with van der Waals surface area (Å²) in [6.45, 7) is 0.940. The van der Waals surface area contributed by atoms with Crippen LogP contribution in [0.3, 0.4) is 0 Å². The SMILES string of the molecule is C[C@H](CCF)C(=O)O. The van der Waals surface area contributed by atoms with Gasteiger partial charge in [0.25, 0.3) is 0 Å². The summed E-state index contributed by atoms with van der Waals surface area (Å²) in [5.74, 6) is -1.47. The highest BCUT2D eigenvalue weighted by Crippen LogP contribution is 2.00. The molecule has 3 heteroatoms. The summed E-state index contributed by atoms with van der Waals surface area (Å²) >= 11 is 0. The molecule has 0 aromatic rings. The molecule has 1 atom stereocenters. The van der Waals surface area contributed by atoms with Crippen LogP contribution in [0.5, 0.6) is 0 Å². The molecule has 0 heterocycles. The number of rotatable bonds is 3. The van der Waals surface area contributed by atoms with Gasteiger partial charge < -0.3 is 5.11 Å². The second-order valence-corrected chi connectivity index (χ2v) is 1.72. The Labute approximate surface area is 47.3 Å². The zero-order valence-corrected chi connectivity index (χ0v) is 4.72. The van der Waals surface area contributed by atoms with E-state index in [0.29, 0.717) is 0 Å². The van der Waals surface area contributed by atoms with Crippen LogP contribution in [0.25, 0.3) is 0 Å². The lowest BCUT2D eigenvalue weighted by molar-refractivity contribution is -0.141. The van der Waals surface area contributed by atoms with Crippen molar-refractivity contribution in [3.8, 4) is 0 Å². The standard InChI is InChI=1S/C5H9FO2/c1-4(2-3-6)5(7)8/h4H,2-3H2,1H3,(H,7,8)/t4-/m1/s1. The summed E-state index contributed by atoms with van der Waals surface area (Å²) in [5, 5.41) is 8.15. The molecule has 0 aliphatic heterocycles. The molecule has 0 radical (unpaired) electrons. The van der Waals surface area contributed by atoms with Crippen LogP contribution in [-0.2, 0) is 4.79 Å². The second-order valence-electron chi connectivity index (χ2n) is 1.72. The first-order valence-corrected chi connectivity index (χ1v) is 2.47.